The van der Waals surface area contributed by atoms with E-state index in [0.29, 0.717) is 6.42 Å². The monoisotopic (exact) mass is 321 g/mol. The summed E-state index contributed by atoms with van der Waals surface area (Å²) in [5.41, 5.74) is 13.0. The van der Waals surface area contributed by atoms with Crippen LogP contribution < -0.4 is 11.1 Å². The zero-order valence-corrected chi connectivity index (χ0v) is 12.2. The standard InChI is InChI=1S/C9H15N5O4S2/c10-7(15)5-20-19-4-6(9(17)18)13-8(16)2-1-3-12-14-11/h6H,1-5H2,(H2,10,15)(H,13,16)(H,17,18). The molecule has 0 bridgehead atoms. The molecule has 0 aromatic carbocycles. The number of azide groups is 1. The largest absolute Gasteiger partial charge is 0.480 e. The van der Waals surface area contributed by atoms with Crippen molar-refractivity contribution in [1.29, 1.82) is 0 Å². The normalized spacial score (nSPS) is 11.2. The van der Waals surface area contributed by atoms with Gasteiger partial charge >= 0.3 is 5.97 Å². The lowest BCUT2D eigenvalue weighted by Crippen LogP contribution is -2.42. The third kappa shape index (κ3) is 10.4. The van der Waals surface area contributed by atoms with Crippen molar-refractivity contribution in [3.05, 3.63) is 10.4 Å². The van der Waals surface area contributed by atoms with Gasteiger partial charge in [0, 0.05) is 23.6 Å². The summed E-state index contributed by atoms with van der Waals surface area (Å²) < 4.78 is 0. The Bertz CT molecular complexity index is 400. The van der Waals surface area contributed by atoms with Crippen LogP contribution in [0.4, 0.5) is 0 Å². The lowest BCUT2D eigenvalue weighted by Gasteiger charge is -2.13. The maximum absolute atomic E-state index is 11.5. The van der Waals surface area contributed by atoms with Crippen LogP contribution in [-0.2, 0) is 14.4 Å². The minimum Gasteiger partial charge on any atom is -0.480 e. The maximum Gasteiger partial charge on any atom is 0.327 e. The molecular weight excluding hydrogens is 306 g/mol. The molecular formula is C9H15N5O4S2. The van der Waals surface area contributed by atoms with Crippen molar-refractivity contribution in [2.75, 3.05) is 18.1 Å². The molecule has 0 rings (SSSR count). The van der Waals surface area contributed by atoms with E-state index in [1.807, 2.05) is 0 Å². The van der Waals surface area contributed by atoms with Gasteiger partial charge in [0.1, 0.15) is 6.04 Å². The molecule has 0 aliphatic carbocycles. The average Bonchev–Trinajstić information content (AvgIpc) is 2.37. The Morgan fingerprint density at radius 1 is 1.40 bits per heavy atom. The number of nitrogens with two attached hydrogens (primary N) is 1. The van der Waals surface area contributed by atoms with Crippen LogP contribution in [0.3, 0.4) is 0 Å². The average molecular weight is 321 g/mol. The molecule has 2 amide bonds. The maximum atomic E-state index is 11.5. The Balaban J connectivity index is 4.00. The molecule has 0 aromatic heterocycles. The minimum atomic E-state index is -1.15. The summed E-state index contributed by atoms with van der Waals surface area (Å²) in [5.74, 6) is -1.87. The lowest BCUT2D eigenvalue weighted by molar-refractivity contribution is -0.141. The fourth-order valence-electron chi connectivity index (χ4n) is 1.01. The van der Waals surface area contributed by atoms with Gasteiger partial charge in [-0.1, -0.05) is 26.7 Å². The van der Waals surface area contributed by atoms with Crippen molar-refractivity contribution in [3.63, 3.8) is 0 Å². The molecule has 0 saturated heterocycles. The summed E-state index contributed by atoms with van der Waals surface area (Å²) in [6.45, 7) is 0.185. The zero-order valence-electron chi connectivity index (χ0n) is 10.5. The van der Waals surface area contributed by atoms with Gasteiger partial charge in [0.15, 0.2) is 0 Å². The summed E-state index contributed by atoms with van der Waals surface area (Å²) in [5, 5.41) is 14.6. The van der Waals surface area contributed by atoms with Crippen LogP contribution in [0.2, 0.25) is 0 Å². The van der Waals surface area contributed by atoms with Crippen molar-refractivity contribution in [2.24, 2.45) is 10.8 Å². The SMILES string of the molecule is [N-]=[N+]=NCCCC(=O)NC(CSSCC(N)=O)C(=O)O. The van der Waals surface area contributed by atoms with Gasteiger partial charge in [0.2, 0.25) is 11.8 Å². The molecule has 0 heterocycles. The highest BCUT2D eigenvalue weighted by Crippen LogP contribution is 2.21. The van der Waals surface area contributed by atoms with Gasteiger partial charge in [0.05, 0.1) is 5.75 Å². The van der Waals surface area contributed by atoms with E-state index < -0.39 is 23.8 Å². The summed E-state index contributed by atoms with van der Waals surface area (Å²) in [6, 6.07) is -1.03. The number of nitrogens with zero attached hydrogens (tertiary/aromatic N) is 3. The Kier molecular flexibility index (Phi) is 10.4. The van der Waals surface area contributed by atoms with Crippen molar-refractivity contribution >= 4 is 39.4 Å². The number of carboxylic acid groups (broad SMARTS) is 1. The van der Waals surface area contributed by atoms with Gasteiger partial charge in [-0.05, 0) is 12.0 Å². The van der Waals surface area contributed by atoms with Crippen LogP contribution in [0.1, 0.15) is 12.8 Å². The molecule has 0 aliphatic heterocycles. The van der Waals surface area contributed by atoms with E-state index in [1.54, 1.807) is 0 Å². The van der Waals surface area contributed by atoms with Crippen LogP contribution in [0.15, 0.2) is 5.11 Å². The number of carbonyl (C=O) groups excluding carboxylic acids is 2. The van der Waals surface area contributed by atoms with Gasteiger partial charge in [-0.2, -0.15) is 0 Å². The Hall–Kier alpha value is -1.58. The van der Waals surface area contributed by atoms with Crippen LogP contribution in [0.25, 0.3) is 10.4 Å². The van der Waals surface area contributed by atoms with E-state index in [9.17, 15) is 14.4 Å². The highest BCUT2D eigenvalue weighted by atomic mass is 33.1. The van der Waals surface area contributed by atoms with Gasteiger partial charge < -0.3 is 16.2 Å². The van der Waals surface area contributed by atoms with Gasteiger partial charge in [-0.3, -0.25) is 9.59 Å². The van der Waals surface area contributed by atoms with Gasteiger partial charge in [-0.25, -0.2) is 4.79 Å². The quantitative estimate of drug-likeness (QED) is 0.165. The molecule has 0 aromatic rings. The number of hydrogen-bond donors (Lipinski definition) is 3. The molecule has 0 saturated carbocycles. The first-order valence-electron chi connectivity index (χ1n) is 5.53. The molecule has 0 aliphatic rings. The van der Waals surface area contributed by atoms with Crippen molar-refractivity contribution in [2.45, 2.75) is 18.9 Å². The molecule has 9 nitrogen and oxygen atoms in total. The summed E-state index contributed by atoms with van der Waals surface area (Å²) in [4.78, 5) is 35.4. The minimum absolute atomic E-state index is 0.0805. The number of amides is 2. The molecule has 11 heteroatoms. The van der Waals surface area contributed by atoms with Gasteiger partial charge in [-0.15, -0.1) is 0 Å². The molecule has 0 spiro atoms. The van der Waals surface area contributed by atoms with Crippen molar-refractivity contribution in [3.8, 4) is 0 Å². The third-order valence-corrected chi connectivity index (χ3v) is 4.18. The number of nitrogens with one attached hydrogen (secondary N) is 1. The van der Waals surface area contributed by atoms with E-state index in [0.717, 1.165) is 21.6 Å². The predicted molar refractivity (Wildman–Crippen MR) is 76.9 cm³/mol. The second-order valence-corrected chi connectivity index (χ2v) is 6.04. The molecule has 112 valence electrons. The van der Waals surface area contributed by atoms with Crippen LogP contribution in [0.5, 0.6) is 0 Å². The first-order chi connectivity index (χ1) is 9.47. The number of aliphatic carboxylic acids is 1. The van der Waals surface area contributed by atoms with Crippen molar-refractivity contribution < 1.29 is 19.5 Å². The lowest BCUT2D eigenvalue weighted by atomic mass is 10.2. The first-order valence-corrected chi connectivity index (χ1v) is 8.02. The molecule has 1 unspecified atom stereocenters. The fourth-order valence-corrected chi connectivity index (χ4v) is 2.97. The molecule has 20 heavy (non-hydrogen) atoms. The van der Waals surface area contributed by atoms with E-state index in [-0.39, 0.29) is 24.5 Å². The summed E-state index contributed by atoms with van der Waals surface area (Å²) >= 11 is 0. The van der Waals surface area contributed by atoms with E-state index in [4.69, 9.17) is 16.4 Å². The van der Waals surface area contributed by atoms with Crippen LogP contribution in [0, 0.1) is 0 Å². The van der Waals surface area contributed by atoms with Crippen LogP contribution >= 0.6 is 21.6 Å². The third-order valence-electron chi connectivity index (χ3n) is 1.88. The predicted octanol–water partition coefficient (Wildman–Crippen LogP) is 0.513. The molecule has 4 N–H and O–H groups in total. The van der Waals surface area contributed by atoms with Crippen molar-refractivity contribution in [1.82, 2.24) is 5.32 Å². The first kappa shape index (κ1) is 18.4. The summed E-state index contributed by atoms with van der Waals surface area (Å²) in [6.07, 6.45) is 0.438. The zero-order chi connectivity index (χ0) is 15.4. The summed E-state index contributed by atoms with van der Waals surface area (Å²) in [7, 11) is 2.28. The number of carboxylic acids is 1. The van der Waals surface area contributed by atoms with E-state index >= 15 is 0 Å². The number of primary amides is 1. The number of carbonyl (C=O) groups is 3. The highest BCUT2D eigenvalue weighted by Gasteiger charge is 2.19. The Labute approximate surface area is 123 Å². The fraction of sp³-hybridized carbons (Fsp3) is 0.667. The second-order valence-electron chi connectivity index (χ2n) is 3.53. The molecule has 1 atom stereocenters. The molecule has 0 radical (unpaired) electrons. The Morgan fingerprint density at radius 2 is 2.10 bits per heavy atom. The topological polar surface area (TPSA) is 158 Å². The number of hydrogen-bond acceptors (Lipinski definition) is 6. The van der Waals surface area contributed by atoms with Gasteiger partial charge in [0.25, 0.3) is 0 Å². The smallest absolute Gasteiger partial charge is 0.327 e. The van der Waals surface area contributed by atoms with E-state index in [1.165, 1.54) is 0 Å². The highest BCUT2D eigenvalue weighted by molar-refractivity contribution is 8.76. The van der Waals surface area contributed by atoms with Crippen LogP contribution in [-0.4, -0.2) is 47.0 Å². The molecule has 0 fully saturated rings. The Morgan fingerprint density at radius 3 is 2.65 bits per heavy atom. The second kappa shape index (κ2) is 11.3. The number of rotatable bonds is 11. The van der Waals surface area contributed by atoms with E-state index in [2.05, 4.69) is 15.3 Å².